The number of benzene rings is 2. The highest BCUT2D eigenvalue weighted by atomic mass is 127. The second kappa shape index (κ2) is 13.8. The van der Waals surface area contributed by atoms with Gasteiger partial charge in [-0.1, -0.05) is 42.1 Å². The molecule has 0 amide bonds. The molecule has 0 aromatic heterocycles. The van der Waals surface area contributed by atoms with Gasteiger partial charge in [-0.25, -0.2) is 0 Å². The summed E-state index contributed by atoms with van der Waals surface area (Å²) >= 11 is 1.77. The Labute approximate surface area is 195 Å². The molecule has 29 heavy (non-hydrogen) atoms. The standard InChI is InChI=1S/C22H29N3O2S.HI/c1-23-22(24-13-5-14-27-19-12-15-26-17-19)25-16-18-8-10-21(11-9-18)28-20-6-3-2-4-7-20;/h2-4,6-11,19H,5,12-17H2,1H3,(H2,23,24,25);1H. The fraction of sp³-hybridized carbons (Fsp3) is 0.409. The molecule has 0 spiro atoms. The first-order chi connectivity index (χ1) is 13.8. The minimum absolute atomic E-state index is 0. The Kier molecular flexibility index (Phi) is 11.5. The Morgan fingerprint density at radius 3 is 2.55 bits per heavy atom. The van der Waals surface area contributed by atoms with E-state index in [-0.39, 0.29) is 30.1 Å². The lowest BCUT2D eigenvalue weighted by atomic mass is 10.2. The summed E-state index contributed by atoms with van der Waals surface area (Å²) in [6, 6.07) is 19.1. The molecule has 2 N–H and O–H groups in total. The van der Waals surface area contributed by atoms with Gasteiger partial charge < -0.3 is 20.1 Å². The number of rotatable bonds is 9. The summed E-state index contributed by atoms with van der Waals surface area (Å²) in [7, 11) is 1.79. The van der Waals surface area contributed by atoms with Crippen molar-refractivity contribution in [1.82, 2.24) is 10.6 Å². The van der Waals surface area contributed by atoms with E-state index in [9.17, 15) is 0 Å². The largest absolute Gasteiger partial charge is 0.379 e. The van der Waals surface area contributed by atoms with Gasteiger partial charge >= 0.3 is 0 Å². The number of halogens is 1. The van der Waals surface area contributed by atoms with E-state index in [0.717, 1.165) is 51.7 Å². The fourth-order valence-corrected chi connectivity index (χ4v) is 3.72. The molecule has 1 saturated heterocycles. The summed E-state index contributed by atoms with van der Waals surface area (Å²) in [5.74, 6) is 0.812. The van der Waals surface area contributed by atoms with E-state index in [1.807, 2.05) is 6.07 Å². The zero-order valence-corrected chi connectivity index (χ0v) is 20.0. The van der Waals surface area contributed by atoms with Gasteiger partial charge in [0.15, 0.2) is 5.96 Å². The molecule has 1 aliphatic heterocycles. The first kappa shape index (κ1) is 24.0. The van der Waals surface area contributed by atoms with Crippen LogP contribution in [0.25, 0.3) is 0 Å². The number of guanidine groups is 1. The summed E-state index contributed by atoms with van der Waals surface area (Å²) < 4.78 is 11.1. The van der Waals surface area contributed by atoms with E-state index in [1.54, 1.807) is 18.8 Å². The van der Waals surface area contributed by atoms with E-state index in [1.165, 1.54) is 15.4 Å². The highest BCUT2D eigenvalue weighted by Gasteiger charge is 2.15. The zero-order valence-electron chi connectivity index (χ0n) is 16.8. The average Bonchev–Trinajstić information content (AvgIpc) is 3.25. The Hall–Kier alpha value is -1.29. The van der Waals surface area contributed by atoms with Crippen molar-refractivity contribution in [3.05, 3.63) is 60.2 Å². The molecule has 1 fully saturated rings. The first-order valence-corrected chi connectivity index (χ1v) is 10.6. The van der Waals surface area contributed by atoms with Crippen LogP contribution in [0.2, 0.25) is 0 Å². The zero-order chi connectivity index (χ0) is 19.4. The third-order valence-corrected chi connectivity index (χ3v) is 5.46. The van der Waals surface area contributed by atoms with Gasteiger partial charge in [0.1, 0.15) is 0 Å². The van der Waals surface area contributed by atoms with E-state index in [0.29, 0.717) is 0 Å². The number of nitrogens with one attached hydrogen (secondary N) is 2. The van der Waals surface area contributed by atoms with Crippen LogP contribution in [-0.2, 0) is 16.0 Å². The van der Waals surface area contributed by atoms with Crippen LogP contribution in [0.3, 0.4) is 0 Å². The van der Waals surface area contributed by atoms with Gasteiger partial charge in [0, 0.05) is 43.1 Å². The van der Waals surface area contributed by atoms with Crippen molar-refractivity contribution in [3.8, 4) is 0 Å². The number of hydrogen-bond donors (Lipinski definition) is 2. The van der Waals surface area contributed by atoms with Crippen LogP contribution < -0.4 is 10.6 Å². The second-order valence-electron chi connectivity index (χ2n) is 6.62. The van der Waals surface area contributed by atoms with Crippen molar-refractivity contribution in [3.63, 3.8) is 0 Å². The number of hydrogen-bond acceptors (Lipinski definition) is 4. The third-order valence-electron chi connectivity index (χ3n) is 4.44. The van der Waals surface area contributed by atoms with Crippen molar-refractivity contribution in [1.29, 1.82) is 0 Å². The van der Waals surface area contributed by atoms with Crippen LogP contribution >= 0.6 is 35.7 Å². The van der Waals surface area contributed by atoms with Crippen LogP contribution in [0.4, 0.5) is 0 Å². The van der Waals surface area contributed by atoms with Gasteiger partial charge in [0.2, 0.25) is 0 Å². The maximum Gasteiger partial charge on any atom is 0.191 e. The highest BCUT2D eigenvalue weighted by Crippen LogP contribution is 2.27. The Morgan fingerprint density at radius 1 is 1.10 bits per heavy atom. The van der Waals surface area contributed by atoms with Crippen molar-refractivity contribution < 1.29 is 9.47 Å². The van der Waals surface area contributed by atoms with E-state index < -0.39 is 0 Å². The van der Waals surface area contributed by atoms with Gasteiger partial charge in [-0.3, -0.25) is 4.99 Å². The Balaban J connectivity index is 0.00000300. The average molecular weight is 527 g/mol. The molecule has 2 aromatic rings. The SMILES string of the molecule is CN=C(NCCCOC1CCOC1)NCc1ccc(Sc2ccccc2)cc1.I. The Bertz CT molecular complexity index is 723. The lowest BCUT2D eigenvalue weighted by Crippen LogP contribution is -2.37. The van der Waals surface area contributed by atoms with Crippen molar-refractivity contribution in [2.45, 2.75) is 35.3 Å². The smallest absolute Gasteiger partial charge is 0.191 e. The van der Waals surface area contributed by atoms with E-state index >= 15 is 0 Å². The maximum atomic E-state index is 5.77. The van der Waals surface area contributed by atoms with Crippen molar-refractivity contribution in [2.75, 3.05) is 33.4 Å². The highest BCUT2D eigenvalue weighted by molar-refractivity contribution is 14.0. The van der Waals surface area contributed by atoms with Crippen LogP contribution in [-0.4, -0.2) is 45.5 Å². The van der Waals surface area contributed by atoms with Gasteiger partial charge in [-0.2, -0.15) is 0 Å². The predicted octanol–water partition coefficient (Wildman–Crippen LogP) is 4.32. The normalized spacial score (nSPS) is 16.3. The summed E-state index contributed by atoms with van der Waals surface area (Å²) in [6.07, 6.45) is 2.24. The number of nitrogens with zero attached hydrogens (tertiary/aromatic N) is 1. The lowest BCUT2D eigenvalue weighted by molar-refractivity contribution is 0.0420. The molecule has 0 radical (unpaired) electrons. The molecule has 5 nitrogen and oxygen atoms in total. The van der Waals surface area contributed by atoms with E-state index in [4.69, 9.17) is 9.47 Å². The van der Waals surface area contributed by atoms with Crippen LogP contribution in [0.1, 0.15) is 18.4 Å². The molecular weight excluding hydrogens is 497 g/mol. The molecule has 3 rings (SSSR count). The van der Waals surface area contributed by atoms with E-state index in [2.05, 4.69) is 64.2 Å². The fourth-order valence-electron chi connectivity index (χ4n) is 2.88. The topological polar surface area (TPSA) is 54.9 Å². The van der Waals surface area contributed by atoms with Crippen LogP contribution in [0.15, 0.2) is 69.4 Å². The first-order valence-electron chi connectivity index (χ1n) is 9.79. The molecule has 0 bridgehead atoms. The summed E-state index contributed by atoms with van der Waals surface area (Å²) in [6.45, 7) is 3.88. The van der Waals surface area contributed by atoms with Crippen LogP contribution in [0, 0.1) is 0 Å². The molecule has 1 heterocycles. The maximum absolute atomic E-state index is 5.77. The molecule has 7 heteroatoms. The van der Waals surface area contributed by atoms with Crippen molar-refractivity contribution >= 4 is 41.7 Å². The van der Waals surface area contributed by atoms with Gasteiger partial charge in [-0.15, -0.1) is 24.0 Å². The Morgan fingerprint density at radius 2 is 1.86 bits per heavy atom. The summed E-state index contributed by atoms with van der Waals surface area (Å²) in [5, 5.41) is 6.69. The van der Waals surface area contributed by atoms with Gasteiger partial charge in [0.25, 0.3) is 0 Å². The minimum atomic E-state index is 0. The van der Waals surface area contributed by atoms with Crippen molar-refractivity contribution in [2.24, 2.45) is 4.99 Å². The lowest BCUT2D eigenvalue weighted by Gasteiger charge is -2.13. The molecule has 0 saturated carbocycles. The molecule has 0 aliphatic carbocycles. The second-order valence-corrected chi connectivity index (χ2v) is 7.77. The predicted molar refractivity (Wildman–Crippen MR) is 130 cm³/mol. The summed E-state index contributed by atoms with van der Waals surface area (Å²) in [4.78, 5) is 6.77. The minimum Gasteiger partial charge on any atom is -0.379 e. The molecule has 1 aliphatic rings. The molecule has 2 aromatic carbocycles. The molecule has 158 valence electrons. The third kappa shape index (κ3) is 8.94. The number of ether oxygens (including phenoxy) is 2. The summed E-state index contributed by atoms with van der Waals surface area (Å²) in [5.41, 5.74) is 1.23. The van der Waals surface area contributed by atoms with Crippen LogP contribution in [0.5, 0.6) is 0 Å². The monoisotopic (exact) mass is 527 g/mol. The molecule has 1 atom stereocenters. The molecular formula is C22H30IN3O2S. The van der Waals surface area contributed by atoms with Gasteiger partial charge in [-0.05, 0) is 42.7 Å². The molecule has 1 unspecified atom stereocenters. The quantitative estimate of drug-likeness (QED) is 0.220. The number of aliphatic imine (C=N–C) groups is 1. The van der Waals surface area contributed by atoms with Gasteiger partial charge in [0.05, 0.1) is 12.7 Å².